The minimum Gasteiger partial charge on any atom is -0.338 e. The second kappa shape index (κ2) is 6.83. The number of piperidine rings is 1. The summed E-state index contributed by atoms with van der Waals surface area (Å²) in [5, 5.41) is 5.63. The second-order valence-corrected chi connectivity index (χ2v) is 8.23. The van der Waals surface area contributed by atoms with E-state index >= 15 is 0 Å². The van der Waals surface area contributed by atoms with Crippen LogP contribution in [0.3, 0.4) is 0 Å². The molecule has 1 fully saturated rings. The molecule has 1 aromatic carbocycles. The fourth-order valence-corrected chi connectivity index (χ4v) is 4.75. The summed E-state index contributed by atoms with van der Waals surface area (Å²) in [6, 6.07) is 8.44. The maximum absolute atomic E-state index is 13.1. The normalized spacial score (nSPS) is 17.8. The lowest BCUT2D eigenvalue weighted by Crippen LogP contribution is -2.38. The van der Waals surface area contributed by atoms with Crippen molar-refractivity contribution in [3.05, 3.63) is 52.3 Å². The van der Waals surface area contributed by atoms with E-state index in [1.807, 2.05) is 22.6 Å². The fraction of sp³-hybridized carbons (Fsp3) is 0.400. The van der Waals surface area contributed by atoms with Gasteiger partial charge in [-0.15, -0.1) is 11.3 Å². The zero-order chi connectivity index (χ0) is 18.3. The summed E-state index contributed by atoms with van der Waals surface area (Å²) in [6.45, 7) is 6.42. The first-order chi connectivity index (χ1) is 12.5. The minimum absolute atomic E-state index is 0.130. The number of hydrogen-bond acceptors (Lipinski definition) is 3. The number of nitrogens with zero attached hydrogens (tertiary/aromatic N) is 3. The SMILES string of the molecule is Cc1nn(Cc2ccc(F)cc2)c2sc(C(=O)N3CCC[C@H](C)C3)cc12. The van der Waals surface area contributed by atoms with Crippen LogP contribution in [0, 0.1) is 18.7 Å². The van der Waals surface area contributed by atoms with Gasteiger partial charge in [0.05, 0.1) is 17.1 Å². The van der Waals surface area contributed by atoms with Crippen LogP contribution in [-0.2, 0) is 6.54 Å². The highest BCUT2D eigenvalue weighted by atomic mass is 32.1. The summed E-state index contributed by atoms with van der Waals surface area (Å²) in [5.74, 6) is 0.457. The standard InChI is InChI=1S/C20H22FN3OS/c1-13-4-3-9-23(11-13)19(25)18-10-17-14(2)22-24(20(17)26-18)12-15-5-7-16(21)8-6-15/h5-8,10,13H,3-4,9,11-12H2,1-2H3/t13-/m0/s1. The molecule has 0 saturated carbocycles. The van der Waals surface area contributed by atoms with E-state index in [4.69, 9.17) is 0 Å². The molecular formula is C20H22FN3OS. The average Bonchev–Trinajstić information content (AvgIpc) is 3.18. The Kier molecular flexibility index (Phi) is 4.53. The predicted octanol–water partition coefficient (Wildman–Crippen LogP) is 4.47. The fourth-order valence-electron chi connectivity index (χ4n) is 3.62. The summed E-state index contributed by atoms with van der Waals surface area (Å²) < 4.78 is 15.0. The third-order valence-corrected chi connectivity index (χ3v) is 6.14. The first-order valence-corrected chi connectivity index (χ1v) is 9.83. The molecule has 1 amide bonds. The average molecular weight is 371 g/mol. The Balaban J connectivity index is 1.62. The largest absolute Gasteiger partial charge is 0.338 e. The van der Waals surface area contributed by atoms with Gasteiger partial charge in [-0.25, -0.2) is 4.39 Å². The maximum atomic E-state index is 13.1. The number of halogens is 1. The van der Waals surface area contributed by atoms with Gasteiger partial charge in [-0.2, -0.15) is 5.10 Å². The molecule has 6 heteroatoms. The Labute approximate surface area is 156 Å². The predicted molar refractivity (Wildman–Crippen MR) is 102 cm³/mol. The number of likely N-dealkylation sites (tertiary alicyclic amines) is 1. The molecule has 4 rings (SSSR count). The molecular weight excluding hydrogens is 349 g/mol. The van der Waals surface area contributed by atoms with Gasteiger partial charge in [0, 0.05) is 18.5 Å². The smallest absolute Gasteiger partial charge is 0.264 e. The van der Waals surface area contributed by atoms with E-state index in [1.165, 1.54) is 29.9 Å². The van der Waals surface area contributed by atoms with Gasteiger partial charge in [0.2, 0.25) is 0 Å². The molecule has 0 radical (unpaired) electrons. The zero-order valence-electron chi connectivity index (χ0n) is 15.0. The molecule has 1 saturated heterocycles. The summed E-state index contributed by atoms with van der Waals surface area (Å²) in [4.78, 5) is 16.7. The summed E-state index contributed by atoms with van der Waals surface area (Å²) in [6.07, 6.45) is 2.27. The number of benzene rings is 1. The Bertz CT molecular complexity index is 944. The number of fused-ring (bicyclic) bond motifs is 1. The van der Waals surface area contributed by atoms with Gasteiger partial charge in [-0.3, -0.25) is 9.48 Å². The van der Waals surface area contributed by atoms with Gasteiger partial charge in [0.15, 0.2) is 0 Å². The van der Waals surface area contributed by atoms with Crippen LogP contribution in [0.4, 0.5) is 4.39 Å². The monoisotopic (exact) mass is 371 g/mol. The van der Waals surface area contributed by atoms with Gasteiger partial charge in [0.1, 0.15) is 10.6 Å². The lowest BCUT2D eigenvalue weighted by Gasteiger charge is -2.30. The number of thiophene rings is 1. The number of carbonyl (C=O) groups excluding carboxylic acids is 1. The van der Waals surface area contributed by atoms with Crippen LogP contribution in [0.15, 0.2) is 30.3 Å². The van der Waals surface area contributed by atoms with Crippen LogP contribution in [0.5, 0.6) is 0 Å². The van der Waals surface area contributed by atoms with Crippen molar-refractivity contribution in [3.8, 4) is 0 Å². The van der Waals surface area contributed by atoms with E-state index in [-0.39, 0.29) is 11.7 Å². The molecule has 2 aromatic heterocycles. The van der Waals surface area contributed by atoms with E-state index in [0.717, 1.165) is 45.9 Å². The van der Waals surface area contributed by atoms with Crippen molar-refractivity contribution in [3.63, 3.8) is 0 Å². The lowest BCUT2D eigenvalue weighted by atomic mass is 10.0. The first kappa shape index (κ1) is 17.2. The second-order valence-electron chi connectivity index (χ2n) is 7.20. The van der Waals surface area contributed by atoms with E-state index < -0.39 is 0 Å². The molecule has 4 nitrogen and oxygen atoms in total. The number of carbonyl (C=O) groups is 1. The van der Waals surface area contributed by atoms with Crippen molar-refractivity contribution in [1.29, 1.82) is 0 Å². The summed E-state index contributed by atoms with van der Waals surface area (Å²) in [5.41, 5.74) is 1.91. The molecule has 136 valence electrons. The van der Waals surface area contributed by atoms with E-state index in [2.05, 4.69) is 12.0 Å². The third kappa shape index (κ3) is 3.26. The first-order valence-electron chi connectivity index (χ1n) is 9.02. The van der Waals surface area contributed by atoms with Crippen LogP contribution in [-0.4, -0.2) is 33.7 Å². The van der Waals surface area contributed by atoms with Crippen LogP contribution >= 0.6 is 11.3 Å². The van der Waals surface area contributed by atoms with Gasteiger partial charge < -0.3 is 4.90 Å². The number of aryl methyl sites for hydroxylation is 1. The van der Waals surface area contributed by atoms with Crippen molar-refractivity contribution >= 4 is 27.5 Å². The molecule has 0 aliphatic carbocycles. The van der Waals surface area contributed by atoms with Crippen molar-refractivity contribution in [2.24, 2.45) is 5.92 Å². The van der Waals surface area contributed by atoms with Crippen LogP contribution in [0.25, 0.3) is 10.2 Å². The summed E-state index contributed by atoms with van der Waals surface area (Å²) in [7, 11) is 0. The van der Waals surface area contributed by atoms with E-state index in [9.17, 15) is 9.18 Å². The maximum Gasteiger partial charge on any atom is 0.264 e. The molecule has 0 bridgehead atoms. The molecule has 26 heavy (non-hydrogen) atoms. The Morgan fingerprint density at radius 2 is 2.12 bits per heavy atom. The highest BCUT2D eigenvalue weighted by Crippen LogP contribution is 2.30. The third-order valence-electron chi connectivity index (χ3n) is 5.01. The molecule has 3 aromatic rings. The van der Waals surface area contributed by atoms with E-state index in [0.29, 0.717) is 12.5 Å². The molecule has 0 spiro atoms. The quantitative estimate of drug-likeness (QED) is 0.681. The topological polar surface area (TPSA) is 38.1 Å². The molecule has 1 aliphatic heterocycles. The van der Waals surface area contributed by atoms with Crippen molar-refractivity contribution in [2.75, 3.05) is 13.1 Å². The van der Waals surface area contributed by atoms with Crippen LogP contribution in [0.2, 0.25) is 0 Å². The van der Waals surface area contributed by atoms with Crippen molar-refractivity contribution in [1.82, 2.24) is 14.7 Å². The number of hydrogen-bond donors (Lipinski definition) is 0. The van der Waals surface area contributed by atoms with Crippen molar-refractivity contribution in [2.45, 2.75) is 33.2 Å². The van der Waals surface area contributed by atoms with E-state index in [1.54, 1.807) is 12.1 Å². The molecule has 1 aliphatic rings. The van der Waals surface area contributed by atoms with Crippen molar-refractivity contribution < 1.29 is 9.18 Å². The highest BCUT2D eigenvalue weighted by Gasteiger charge is 2.24. The Morgan fingerprint density at radius 3 is 2.85 bits per heavy atom. The Morgan fingerprint density at radius 1 is 1.35 bits per heavy atom. The molecule has 0 unspecified atom stereocenters. The highest BCUT2D eigenvalue weighted by molar-refractivity contribution is 7.20. The number of amides is 1. The van der Waals surface area contributed by atoms with Crippen LogP contribution in [0.1, 0.15) is 40.7 Å². The molecule has 3 heterocycles. The number of aromatic nitrogens is 2. The van der Waals surface area contributed by atoms with Gasteiger partial charge in [0.25, 0.3) is 5.91 Å². The van der Waals surface area contributed by atoms with Gasteiger partial charge in [-0.1, -0.05) is 19.1 Å². The molecule has 0 N–H and O–H groups in total. The minimum atomic E-state index is -0.240. The van der Waals surface area contributed by atoms with Gasteiger partial charge in [-0.05, 0) is 49.4 Å². The number of rotatable bonds is 3. The van der Waals surface area contributed by atoms with Gasteiger partial charge >= 0.3 is 0 Å². The zero-order valence-corrected chi connectivity index (χ0v) is 15.9. The summed E-state index contributed by atoms with van der Waals surface area (Å²) >= 11 is 1.51. The molecule has 1 atom stereocenters. The van der Waals surface area contributed by atoms with Crippen LogP contribution < -0.4 is 0 Å². The lowest BCUT2D eigenvalue weighted by molar-refractivity contribution is 0.0688. The Hall–Kier alpha value is -2.21.